The van der Waals surface area contributed by atoms with Gasteiger partial charge in [0, 0.05) is 6.61 Å². The van der Waals surface area contributed by atoms with Crippen molar-refractivity contribution in [2.45, 2.75) is 12.8 Å². The Kier molecular flexibility index (Phi) is 3.66. The summed E-state index contributed by atoms with van der Waals surface area (Å²) in [5.74, 6) is 0.654. The van der Waals surface area contributed by atoms with E-state index in [-0.39, 0.29) is 12.4 Å². The van der Waals surface area contributed by atoms with Crippen LogP contribution in [0.3, 0.4) is 0 Å². The molecule has 1 aromatic rings. The summed E-state index contributed by atoms with van der Waals surface area (Å²) >= 11 is 3.17. The van der Waals surface area contributed by atoms with E-state index in [0.29, 0.717) is 47.6 Å². The van der Waals surface area contributed by atoms with Crippen molar-refractivity contribution in [2.24, 2.45) is 0 Å². The van der Waals surface area contributed by atoms with Gasteiger partial charge in [0.1, 0.15) is 19.0 Å². The molecule has 1 heterocycles. The van der Waals surface area contributed by atoms with Gasteiger partial charge in [0.2, 0.25) is 0 Å². The third kappa shape index (κ3) is 2.15. The highest BCUT2D eigenvalue weighted by molar-refractivity contribution is 9.10. The molecular weight excluding hydrogens is 279 g/mol. The van der Waals surface area contributed by atoms with Gasteiger partial charge >= 0.3 is 0 Å². The van der Waals surface area contributed by atoms with Crippen molar-refractivity contribution in [2.75, 3.05) is 19.8 Å². The molecule has 0 radical (unpaired) electrons. The van der Waals surface area contributed by atoms with Crippen LogP contribution in [0.5, 0.6) is 11.5 Å². The molecule has 88 valence electrons. The van der Waals surface area contributed by atoms with Gasteiger partial charge in [0.15, 0.2) is 11.5 Å². The smallest absolute Gasteiger partial charge is 0.178 e. The standard InChI is InChI=1S/C11H12BrFO3/c12-9-10(13)7(2-1-3-14)6-8-11(9)16-5-4-15-8/h6,14H,1-5H2. The van der Waals surface area contributed by atoms with Crippen molar-refractivity contribution in [1.29, 1.82) is 0 Å². The number of aliphatic hydroxyl groups excluding tert-OH is 1. The molecule has 3 nitrogen and oxygen atoms in total. The molecule has 0 unspecified atom stereocenters. The van der Waals surface area contributed by atoms with Crippen LogP contribution in [0.15, 0.2) is 10.5 Å². The van der Waals surface area contributed by atoms with Crippen LogP contribution in [-0.4, -0.2) is 24.9 Å². The first-order chi connectivity index (χ1) is 7.74. The molecule has 1 aliphatic heterocycles. The van der Waals surface area contributed by atoms with Gasteiger partial charge in [-0.15, -0.1) is 0 Å². The molecule has 1 aromatic carbocycles. The summed E-state index contributed by atoms with van der Waals surface area (Å²) in [6, 6.07) is 1.64. The van der Waals surface area contributed by atoms with Crippen LogP contribution in [-0.2, 0) is 6.42 Å². The Hall–Kier alpha value is -0.810. The first-order valence-electron chi connectivity index (χ1n) is 5.11. The molecule has 0 amide bonds. The molecule has 0 spiro atoms. The third-order valence-electron chi connectivity index (χ3n) is 2.39. The molecule has 0 bridgehead atoms. The Morgan fingerprint density at radius 3 is 2.88 bits per heavy atom. The first kappa shape index (κ1) is 11.7. The zero-order valence-corrected chi connectivity index (χ0v) is 10.2. The molecular formula is C11H12BrFO3. The van der Waals surface area contributed by atoms with Crippen LogP contribution in [0.25, 0.3) is 0 Å². The van der Waals surface area contributed by atoms with E-state index in [2.05, 4.69) is 15.9 Å². The molecule has 0 saturated heterocycles. The van der Waals surface area contributed by atoms with Gasteiger partial charge in [-0.05, 0) is 40.4 Å². The van der Waals surface area contributed by atoms with Crippen LogP contribution in [0, 0.1) is 5.82 Å². The van der Waals surface area contributed by atoms with Gasteiger partial charge in [-0.25, -0.2) is 4.39 Å². The lowest BCUT2D eigenvalue weighted by Gasteiger charge is -2.21. The number of aryl methyl sites for hydroxylation is 1. The number of ether oxygens (including phenoxy) is 2. The summed E-state index contributed by atoms with van der Waals surface area (Å²) in [5, 5.41) is 8.74. The quantitative estimate of drug-likeness (QED) is 0.928. The van der Waals surface area contributed by atoms with Crippen molar-refractivity contribution >= 4 is 15.9 Å². The number of fused-ring (bicyclic) bond motifs is 1. The molecule has 1 N–H and O–H groups in total. The van der Waals surface area contributed by atoms with E-state index < -0.39 is 0 Å². The average molecular weight is 291 g/mol. The topological polar surface area (TPSA) is 38.7 Å². The predicted molar refractivity (Wildman–Crippen MR) is 60.5 cm³/mol. The van der Waals surface area contributed by atoms with Gasteiger partial charge in [0.25, 0.3) is 0 Å². The maximum absolute atomic E-state index is 13.8. The van der Waals surface area contributed by atoms with Gasteiger partial charge in [-0.3, -0.25) is 0 Å². The Labute approximate surface area is 101 Å². The fourth-order valence-electron chi connectivity index (χ4n) is 1.62. The van der Waals surface area contributed by atoms with Crippen molar-refractivity contribution in [1.82, 2.24) is 0 Å². The highest BCUT2D eigenvalue weighted by Gasteiger charge is 2.21. The zero-order valence-electron chi connectivity index (χ0n) is 8.63. The lowest BCUT2D eigenvalue weighted by Crippen LogP contribution is -2.16. The molecule has 0 saturated carbocycles. The van der Waals surface area contributed by atoms with E-state index in [9.17, 15) is 4.39 Å². The van der Waals surface area contributed by atoms with Gasteiger partial charge in [-0.1, -0.05) is 0 Å². The maximum atomic E-state index is 13.8. The van der Waals surface area contributed by atoms with E-state index in [1.807, 2.05) is 0 Å². The number of rotatable bonds is 3. The molecule has 1 aliphatic rings. The van der Waals surface area contributed by atoms with Crippen LogP contribution in [0.2, 0.25) is 0 Å². The highest BCUT2D eigenvalue weighted by atomic mass is 79.9. The van der Waals surface area contributed by atoms with Crippen LogP contribution in [0.1, 0.15) is 12.0 Å². The van der Waals surface area contributed by atoms with E-state index in [1.165, 1.54) is 0 Å². The average Bonchev–Trinajstić information content (AvgIpc) is 2.32. The molecule has 0 aromatic heterocycles. The van der Waals surface area contributed by atoms with E-state index in [0.717, 1.165) is 0 Å². The summed E-state index contributed by atoms with van der Waals surface area (Å²) in [6.45, 7) is 0.955. The predicted octanol–water partition coefficient (Wildman–Crippen LogP) is 2.28. The number of aliphatic hydroxyl groups is 1. The van der Waals surface area contributed by atoms with Crippen molar-refractivity contribution in [3.05, 3.63) is 21.9 Å². The van der Waals surface area contributed by atoms with Gasteiger partial charge in [0.05, 0.1) is 4.47 Å². The SMILES string of the molecule is OCCCc1cc2c(c(Br)c1F)OCCO2. The second-order valence-electron chi connectivity index (χ2n) is 3.51. The van der Waals surface area contributed by atoms with Crippen molar-refractivity contribution < 1.29 is 19.0 Å². The van der Waals surface area contributed by atoms with E-state index in [4.69, 9.17) is 14.6 Å². The summed E-state index contributed by atoms with van der Waals surface area (Å²) in [5.41, 5.74) is 0.533. The number of hydrogen-bond acceptors (Lipinski definition) is 3. The van der Waals surface area contributed by atoms with Gasteiger partial charge in [-0.2, -0.15) is 0 Å². The number of benzene rings is 1. The minimum absolute atomic E-state index is 0.0471. The largest absolute Gasteiger partial charge is 0.486 e. The molecule has 16 heavy (non-hydrogen) atoms. The molecule has 2 rings (SSSR count). The Balaban J connectivity index is 2.36. The minimum Gasteiger partial charge on any atom is -0.486 e. The Morgan fingerprint density at radius 2 is 2.12 bits per heavy atom. The minimum atomic E-state index is -0.335. The van der Waals surface area contributed by atoms with Crippen molar-refractivity contribution in [3.63, 3.8) is 0 Å². The summed E-state index contributed by atoms with van der Waals surface area (Å²) < 4.78 is 24.9. The third-order valence-corrected chi connectivity index (χ3v) is 3.10. The summed E-state index contributed by atoms with van der Waals surface area (Å²) in [4.78, 5) is 0. The van der Waals surface area contributed by atoms with Crippen LogP contribution < -0.4 is 9.47 Å². The molecule has 5 heteroatoms. The number of hydrogen-bond donors (Lipinski definition) is 1. The second-order valence-corrected chi connectivity index (χ2v) is 4.31. The van der Waals surface area contributed by atoms with Crippen LogP contribution in [0.4, 0.5) is 4.39 Å². The molecule has 0 fully saturated rings. The highest BCUT2D eigenvalue weighted by Crippen LogP contribution is 2.41. The lowest BCUT2D eigenvalue weighted by atomic mass is 10.1. The Morgan fingerprint density at radius 1 is 1.38 bits per heavy atom. The molecule has 0 atom stereocenters. The normalized spacial score (nSPS) is 13.9. The van der Waals surface area contributed by atoms with Crippen molar-refractivity contribution in [3.8, 4) is 11.5 Å². The molecule has 0 aliphatic carbocycles. The Bertz CT molecular complexity index is 395. The first-order valence-corrected chi connectivity index (χ1v) is 5.90. The maximum Gasteiger partial charge on any atom is 0.178 e. The zero-order chi connectivity index (χ0) is 11.5. The second kappa shape index (κ2) is 5.01. The summed E-state index contributed by atoms with van der Waals surface area (Å²) in [6.07, 6.45) is 1.01. The summed E-state index contributed by atoms with van der Waals surface area (Å²) in [7, 11) is 0. The fraction of sp³-hybridized carbons (Fsp3) is 0.455. The lowest BCUT2D eigenvalue weighted by molar-refractivity contribution is 0.169. The van der Waals surface area contributed by atoms with Crippen LogP contribution >= 0.6 is 15.9 Å². The monoisotopic (exact) mass is 290 g/mol. The fourth-order valence-corrected chi connectivity index (χ4v) is 2.19. The van der Waals surface area contributed by atoms with E-state index in [1.54, 1.807) is 6.07 Å². The number of halogens is 2. The van der Waals surface area contributed by atoms with E-state index >= 15 is 0 Å². The van der Waals surface area contributed by atoms with Gasteiger partial charge < -0.3 is 14.6 Å².